The van der Waals surface area contributed by atoms with Gasteiger partial charge in [-0.05, 0) is 67.2 Å². The summed E-state index contributed by atoms with van der Waals surface area (Å²) in [6.45, 7) is 7.31. The van der Waals surface area contributed by atoms with Gasteiger partial charge in [-0.15, -0.1) is 0 Å². The van der Waals surface area contributed by atoms with Gasteiger partial charge >= 0.3 is 5.97 Å². The van der Waals surface area contributed by atoms with E-state index in [4.69, 9.17) is 9.72 Å². The summed E-state index contributed by atoms with van der Waals surface area (Å²) in [5.74, 6) is -1.63. The molecule has 1 fully saturated rings. The smallest absolute Gasteiger partial charge is 0.343 e. The van der Waals surface area contributed by atoms with E-state index in [0.717, 1.165) is 22.1 Å². The molecule has 1 saturated carbocycles. The number of esters is 1. The number of benzene rings is 1. The lowest BCUT2D eigenvalue weighted by Gasteiger charge is -2.48. The zero-order valence-corrected chi connectivity index (χ0v) is 23.5. The molecule has 41 heavy (non-hydrogen) atoms. The number of ether oxygens (including phenoxy) is 1. The minimum Gasteiger partial charge on any atom is -0.458 e. The van der Waals surface area contributed by atoms with E-state index in [1.807, 2.05) is 13.8 Å². The third-order valence-electron chi connectivity index (χ3n) is 9.65. The van der Waals surface area contributed by atoms with Crippen LogP contribution in [0.25, 0.3) is 22.3 Å². The summed E-state index contributed by atoms with van der Waals surface area (Å²) in [7, 11) is 0. The van der Waals surface area contributed by atoms with Gasteiger partial charge in [0.25, 0.3) is 11.5 Å². The molecule has 4 aliphatic rings. The second-order valence-corrected chi connectivity index (χ2v) is 12.9. The molecule has 2 aliphatic carbocycles. The van der Waals surface area contributed by atoms with Gasteiger partial charge < -0.3 is 24.8 Å². The van der Waals surface area contributed by atoms with Crippen molar-refractivity contribution >= 4 is 22.8 Å². The first-order chi connectivity index (χ1) is 19.3. The van der Waals surface area contributed by atoms with Crippen LogP contribution in [0.5, 0.6) is 0 Å². The minimum absolute atomic E-state index is 0.0205. The third-order valence-corrected chi connectivity index (χ3v) is 9.65. The van der Waals surface area contributed by atoms with E-state index in [2.05, 4.69) is 5.32 Å². The number of aryl methyl sites for hydroxylation is 1. The van der Waals surface area contributed by atoms with Gasteiger partial charge in [-0.2, -0.15) is 0 Å². The van der Waals surface area contributed by atoms with Crippen molar-refractivity contribution in [3.05, 3.63) is 61.7 Å². The molecule has 0 spiro atoms. The third kappa shape index (κ3) is 3.46. The summed E-state index contributed by atoms with van der Waals surface area (Å²) >= 11 is 0. The first-order valence-corrected chi connectivity index (χ1v) is 14.1. The van der Waals surface area contributed by atoms with E-state index in [1.54, 1.807) is 24.5 Å². The van der Waals surface area contributed by atoms with Crippen LogP contribution in [0.2, 0.25) is 0 Å². The number of pyridine rings is 2. The maximum Gasteiger partial charge on any atom is 0.343 e. The predicted molar refractivity (Wildman–Crippen MR) is 146 cm³/mol. The molecule has 0 bridgehead atoms. The van der Waals surface area contributed by atoms with E-state index in [9.17, 15) is 24.6 Å². The molecule has 1 amide bonds. The summed E-state index contributed by atoms with van der Waals surface area (Å²) < 4.78 is 21.8. The fourth-order valence-electron chi connectivity index (χ4n) is 7.68. The average molecular weight is 562 g/mol. The SMILES string of the molecule is CC[C@@]1(O)C(=O)OCc2c1cc1n(c2=O)Cc2c-1nc1cc(F)c(C)c3c1c2[C@@H](NC(=O)C1(O)CC(C)(C)C1)CC3. The van der Waals surface area contributed by atoms with Gasteiger partial charge in [-0.25, -0.2) is 14.2 Å². The highest BCUT2D eigenvalue weighted by Gasteiger charge is 2.54. The zero-order chi connectivity index (χ0) is 29.2. The molecule has 3 N–H and O–H groups in total. The summed E-state index contributed by atoms with van der Waals surface area (Å²) in [6.07, 6.45) is 1.75. The Balaban J connectivity index is 1.43. The molecule has 2 aromatic heterocycles. The normalized spacial score (nSPS) is 24.7. The summed E-state index contributed by atoms with van der Waals surface area (Å²) in [5, 5.41) is 26.1. The van der Waals surface area contributed by atoms with E-state index < -0.39 is 34.7 Å². The number of nitrogens with one attached hydrogen (secondary N) is 1. The van der Waals surface area contributed by atoms with E-state index in [-0.39, 0.29) is 41.9 Å². The molecule has 3 aromatic rings. The number of rotatable bonds is 3. The molecule has 0 saturated heterocycles. The highest BCUT2D eigenvalue weighted by molar-refractivity contribution is 5.94. The Kier molecular flexibility index (Phi) is 5.27. The molecular formula is C31H32FN3O6. The fraction of sp³-hybridized carbons (Fsp3) is 0.484. The first kappa shape index (κ1) is 26.3. The number of aromatic nitrogens is 2. The van der Waals surface area contributed by atoms with E-state index >= 15 is 4.39 Å². The zero-order valence-electron chi connectivity index (χ0n) is 23.5. The highest BCUT2D eigenvalue weighted by atomic mass is 19.1. The second-order valence-electron chi connectivity index (χ2n) is 12.9. The molecule has 7 rings (SSSR count). The molecule has 9 nitrogen and oxygen atoms in total. The van der Waals surface area contributed by atoms with Crippen LogP contribution in [0.3, 0.4) is 0 Å². The van der Waals surface area contributed by atoms with Crippen LogP contribution in [0.1, 0.15) is 85.9 Å². The molecule has 2 atom stereocenters. The number of nitrogens with zero attached hydrogens (tertiary/aromatic N) is 2. The van der Waals surface area contributed by atoms with Crippen LogP contribution in [-0.4, -0.2) is 37.2 Å². The van der Waals surface area contributed by atoms with Crippen molar-refractivity contribution in [1.82, 2.24) is 14.9 Å². The number of hydrogen-bond acceptors (Lipinski definition) is 7. The molecular weight excluding hydrogens is 529 g/mol. The molecule has 0 unspecified atom stereocenters. The number of amides is 1. The molecule has 1 aromatic carbocycles. The minimum atomic E-state index is -1.96. The number of carbonyl (C=O) groups excluding carboxylic acids is 2. The quantitative estimate of drug-likeness (QED) is 0.328. The molecule has 2 aliphatic heterocycles. The van der Waals surface area contributed by atoms with Crippen LogP contribution >= 0.6 is 0 Å². The molecule has 10 heteroatoms. The van der Waals surface area contributed by atoms with E-state index in [0.29, 0.717) is 48.2 Å². The number of aliphatic hydroxyl groups is 2. The Morgan fingerprint density at radius 1 is 1.20 bits per heavy atom. The largest absolute Gasteiger partial charge is 0.458 e. The van der Waals surface area contributed by atoms with Gasteiger partial charge in [0.05, 0.1) is 35.1 Å². The Morgan fingerprint density at radius 2 is 1.93 bits per heavy atom. The van der Waals surface area contributed by atoms with Crippen molar-refractivity contribution in [3.8, 4) is 11.4 Å². The van der Waals surface area contributed by atoms with Gasteiger partial charge in [0.15, 0.2) is 5.60 Å². The number of hydrogen-bond donors (Lipinski definition) is 3. The van der Waals surface area contributed by atoms with Crippen LogP contribution in [0, 0.1) is 18.2 Å². The summed E-state index contributed by atoms with van der Waals surface area (Å²) in [5.41, 5.74) is 0.590. The van der Waals surface area contributed by atoms with Crippen molar-refractivity contribution in [1.29, 1.82) is 0 Å². The monoisotopic (exact) mass is 561 g/mol. The maximum atomic E-state index is 15.1. The maximum absolute atomic E-state index is 15.1. The van der Waals surface area contributed by atoms with Crippen LogP contribution in [-0.2, 0) is 39.5 Å². The van der Waals surface area contributed by atoms with Gasteiger partial charge in [0, 0.05) is 22.6 Å². The lowest BCUT2D eigenvalue weighted by atomic mass is 9.61. The molecule has 214 valence electrons. The lowest BCUT2D eigenvalue weighted by Crippen LogP contribution is -2.59. The van der Waals surface area contributed by atoms with Crippen LogP contribution < -0.4 is 10.9 Å². The Bertz CT molecular complexity index is 1790. The number of cyclic esters (lactones) is 1. The fourth-order valence-corrected chi connectivity index (χ4v) is 7.68. The molecule has 4 heterocycles. The van der Waals surface area contributed by atoms with E-state index in [1.165, 1.54) is 6.07 Å². The highest BCUT2D eigenvalue weighted by Crippen LogP contribution is 2.49. The van der Waals surface area contributed by atoms with Gasteiger partial charge in [-0.3, -0.25) is 9.59 Å². The molecule has 0 radical (unpaired) electrons. The Hall–Kier alpha value is -3.63. The van der Waals surface area contributed by atoms with Gasteiger partial charge in [0.1, 0.15) is 18.0 Å². The van der Waals surface area contributed by atoms with Crippen molar-refractivity contribution in [3.63, 3.8) is 0 Å². The standard InChI is InChI=1S/C31H32FN3O6/c1-5-31(40)18-8-22-25-16(10-35(22)26(36)17(18)11-41-28(31)38)24-20(34-27(37)30(39)12-29(3,4)13-30)7-6-15-14(2)19(32)9-21(33-25)23(15)24/h8-9,20,39-40H,5-7,10-13H2,1-4H3,(H,34,37)/t20-,31-/m0/s1. The van der Waals surface area contributed by atoms with Crippen molar-refractivity contribution in [2.24, 2.45) is 5.41 Å². The summed E-state index contributed by atoms with van der Waals surface area (Å²) in [6, 6.07) is 2.52. The average Bonchev–Trinajstić information content (AvgIpc) is 3.27. The Labute approximate surface area is 235 Å². The predicted octanol–water partition coefficient (Wildman–Crippen LogP) is 3.18. The van der Waals surface area contributed by atoms with Gasteiger partial charge in [-0.1, -0.05) is 20.8 Å². The number of fused-ring (bicyclic) bond motifs is 5. The number of carbonyl (C=O) groups is 2. The van der Waals surface area contributed by atoms with Gasteiger partial charge in [0.2, 0.25) is 0 Å². The second kappa shape index (κ2) is 8.23. The van der Waals surface area contributed by atoms with Crippen molar-refractivity contribution < 1.29 is 28.9 Å². The van der Waals surface area contributed by atoms with Crippen LogP contribution in [0.15, 0.2) is 16.9 Å². The van der Waals surface area contributed by atoms with Crippen molar-refractivity contribution in [2.45, 2.75) is 90.2 Å². The first-order valence-electron chi connectivity index (χ1n) is 14.1. The number of halogens is 1. The topological polar surface area (TPSA) is 131 Å². The summed E-state index contributed by atoms with van der Waals surface area (Å²) in [4.78, 5) is 44.5. The Morgan fingerprint density at radius 3 is 2.61 bits per heavy atom. The van der Waals surface area contributed by atoms with Crippen LogP contribution in [0.4, 0.5) is 4.39 Å². The lowest BCUT2D eigenvalue weighted by molar-refractivity contribution is -0.172. The van der Waals surface area contributed by atoms with Crippen molar-refractivity contribution in [2.75, 3.05) is 0 Å².